The Morgan fingerprint density at radius 2 is 1.86 bits per heavy atom. The van der Waals surface area contributed by atoms with Gasteiger partial charge in [0, 0.05) is 11.3 Å². The molecule has 3 nitrogen and oxygen atoms in total. The van der Waals surface area contributed by atoms with Gasteiger partial charge >= 0.3 is 0 Å². The van der Waals surface area contributed by atoms with Gasteiger partial charge in [0.2, 0.25) is 0 Å². The fourth-order valence-electron chi connectivity index (χ4n) is 2.35. The molecule has 2 aromatic rings. The van der Waals surface area contributed by atoms with E-state index in [0.29, 0.717) is 22.6 Å². The molecule has 0 aliphatic rings. The molecule has 21 heavy (non-hydrogen) atoms. The van der Waals surface area contributed by atoms with E-state index >= 15 is 0 Å². The Hall–Kier alpha value is -2.29. The fourth-order valence-corrected chi connectivity index (χ4v) is 2.35. The number of hydrogen-bond acceptors (Lipinski definition) is 3. The summed E-state index contributed by atoms with van der Waals surface area (Å²) >= 11 is 0. The van der Waals surface area contributed by atoms with Gasteiger partial charge < -0.3 is 10.5 Å². The van der Waals surface area contributed by atoms with E-state index in [1.165, 1.54) is 0 Å². The van der Waals surface area contributed by atoms with Crippen molar-refractivity contribution in [1.82, 2.24) is 0 Å². The van der Waals surface area contributed by atoms with Crippen LogP contribution in [0.15, 0.2) is 36.4 Å². The minimum Gasteiger partial charge on any atom is -0.490 e. The molecule has 0 spiro atoms. The Labute approximate surface area is 125 Å². The maximum absolute atomic E-state index is 12.8. The summed E-state index contributed by atoms with van der Waals surface area (Å²) in [6.07, 6.45) is 0.0128. The molecule has 0 bridgehead atoms. The van der Waals surface area contributed by atoms with Gasteiger partial charge in [0.05, 0.1) is 11.7 Å². The first-order valence-electron chi connectivity index (χ1n) is 7.06. The third-order valence-electron chi connectivity index (χ3n) is 3.17. The van der Waals surface area contributed by atoms with Crippen LogP contribution in [-0.4, -0.2) is 11.9 Å². The maximum Gasteiger partial charge on any atom is 0.196 e. The van der Waals surface area contributed by atoms with Crippen LogP contribution >= 0.6 is 0 Å². The Bertz CT molecular complexity index is 675. The van der Waals surface area contributed by atoms with Crippen LogP contribution in [0.3, 0.4) is 0 Å². The fraction of sp³-hybridized carbons (Fsp3) is 0.278. The summed E-state index contributed by atoms with van der Waals surface area (Å²) in [5.41, 5.74) is 9.52. The highest BCUT2D eigenvalue weighted by Gasteiger charge is 2.18. The molecule has 2 rings (SSSR count). The highest BCUT2D eigenvalue weighted by atomic mass is 16.5. The van der Waals surface area contributed by atoms with Gasteiger partial charge in [0.15, 0.2) is 5.78 Å². The summed E-state index contributed by atoms with van der Waals surface area (Å²) < 4.78 is 5.85. The second-order valence-corrected chi connectivity index (χ2v) is 5.58. The molecule has 0 saturated carbocycles. The minimum absolute atomic E-state index is 0.0128. The minimum atomic E-state index is -0.0650. The molecular formula is C18H21NO2. The summed E-state index contributed by atoms with van der Waals surface area (Å²) in [7, 11) is 0. The van der Waals surface area contributed by atoms with Crippen LogP contribution in [0, 0.1) is 13.8 Å². The largest absolute Gasteiger partial charge is 0.490 e. The quantitative estimate of drug-likeness (QED) is 0.684. The van der Waals surface area contributed by atoms with Gasteiger partial charge in [-0.1, -0.05) is 18.2 Å². The van der Waals surface area contributed by atoms with Gasteiger partial charge in [-0.05, 0) is 57.0 Å². The number of carbonyl (C=O) groups excluding carboxylic acids is 1. The maximum atomic E-state index is 12.8. The molecule has 3 heteroatoms. The number of carbonyl (C=O) groups is 1. The third-order valence-corrected chi connectivity index (χ3v) is 3.17. The molecule has 0 saturated heterocycles. The molecule has 0 unspecified atom stereocenters. The Balaban J connectivity index is 2.54. The molecule has 0 fully saturated rings. The first kappa shape index (κ1) is 15.1. The number of ketones is 1. The lowest BCUT2D eigenvalue weighted by molar-refractivity contribution is 0.103. The molecule has 2 aromatic carbocycles. The van der Waals surface area contributed by atoms with Crippen molar-refractivity contribution in [1.29, 1.82) is 0 Å². The van der Waals surface area contributed by atoms with Crippen molar-refractivity contribution in [2.24, 2.45) is 0 Å². The number of anilines is 1. The first-order valence-corrected chi connectivity index (χ1v) is 7.06. The van der Waals surface area contributed by atoms with Crippen LogP contribution in [0.25, 0.3) is 0 Å². The molecular weight excluding hydrogens is 262 g/mol. The molecule has 110 valence electrons. The van der Waals surface area contributed by atoms with Crippen molar-refractivity contribution in [3.63, 3.8) is 0 Å². The Morgan fingerprint density at radius 1 is 1.14 bits per heavy atom. The molecule has 0 radical (unpaired) electrons. The average Bonchev–Trinajstić information content (AvgIpc) is 2.40. The van der Waals surface area contributed by atoms with Crippen molar-refractivity contribution in [3.8, 4) is 5.75 Å². The van der Waals surface area contributed by atoms with Crippen LogP contribution in [0.1, 0.15) is 40.9 Å². The second kappa shape index (κ2) is 6.00. The van der Waals surface area contributed by atoms with E-state index < -0.39 is 0 Å². The van der Waals surface area contributed by atoms with Crippen molar-refractivity contribution in [2.45, 2.75) is 33.8 Å². The smallest absolute Gasteiger partial charge is 0.196 e. The summed E-state index contributed by atoms with van der Waals surface area (Å²) in [6, 6.07) is 10.9. The van der Waals surface area contributed by atoms with Gasteiger partial charge in [-0.3, -0.25) is 4.79 Å². The standard InChI is InChI=1S/C18H21NO2/c1-11(2)21-18-13(4)8-12(3)9-16(18)17(20)14-6-5-7-15(19)10-14/h5-11H,19H2,1-4H3. The summed E-state index contributed by atoms with van der Waals surface area (Å²) in [4.78, 5) is 12.8. The van der Waals surface area contributed by atoms with Gasteiger partial charge in [-0.2, -0.15) is 0 Å². The molecule has 0 atom stereocenters. The molecule has 0 amide bonds. The number of hydrogen-bond donors (Lipinski definition) is 1. The van der Waals surface area contributed by atoms with E-state index in [9.17, 15) is 4.79 Å². The van der Waals surface area contributed by atoms with Crippen molar-refractivity contribution in [2.75, 3.05) is 5.73 Å². The number of ether oxygens (including phenoxy) is 1. The van der Waals surface area contributed by atoms with Gasteiger partial charge in [0.25, 0.3) is 0 Å². The van der Waals surface area contributed by atoms with E-state index in [2.05, 4.69) is 0 Å². The summed E-state index contributed by atoms with van der Waals surface area (Å²) in [6.45, 7) is 7.84. The second-order valence-electron chi connectivity index (χ2n) is 5.58. The van der Waals surface area contributed by atoms with Gasteiger partial charge in [0.1, 0.15) is 5.75 Å². The highest BCUT2D eigenvalue weighted by molar-refractivity contribution is 6.11. The zero-order valence-electron chi connectivity index (χ0n) is 12.9. The lowest BCUT2D eigenvalue weighted by Crippen LogP contribution is -2.12. The number of rotatable bonds is 4. The van der Waals surface area contributed by atoms with Crippen molar-refractivity contribution in [3.05, 3.63) is 58.7 Å². The molecule has 0 aliphatic carbocycles. The predicted octanol–water partition coefficient (Wildman–Crippen LogP) is 3.90. The van der Waals surface area contributed by atoms with Crippen LogP contribution < -0.4 is 10.5 Å². The zero-order chi connectivity index (χ0) is 15.6. The van der Waals surface area contributed by atoms with Gasteiger partial charge in [-0.25, -0.2) is 0 Å². The average molecular weight is 283 g/mol. The van der Waals surface area contributed by atoms with E-state index in [0.717, 1.165) is 11.1 Å². The monoisotopic (exact) mass is 283 g/mol. The molecule has 2 N–H and O–H groups in total. The normalized spacial score (nSPS) is 10.7. The van der Waals surface area contributed by atoms with Gasteiger partial charge in [-0.15, -0.1) is 0 Å². The number of aryl methyl sites for hydroxylation is 2. The number of benzene rings is 2. The lowest BCUT2D eigenvalue weighted by Gasteiger charge is -2.17. The van der Waals surface area contributed by atoms with Crippen LogP contribution in [0.4, 0.5) is 5.69 Å². The van der Waals surface area contributed by atoms with E-state index in [1.807, 2.05) is 39.8 Å². The Kier molecular flexibility index (Phi) is 4.32. The van der Waals surface area contributed by atoms with E-state index in [-0.39, 0.29) is 11.9 Å². The van der Waals surface area contributed by atoms with Crippen LogP contribution in [0.5, 0.6) is 5.75 Å². The van der Waals surface area contributed by atoms with Crippen LogP contribution in [0.2, 0.25) is 0 Å². The highest BCUT2D eigenvalue weighted by Crippen LogP contribution is 2.29. The molecule has 0 heterocycles. The molecule has 0 aromatic heterocycles. The third kappa shape index (κ3) is 3.43. The zero-order valence-corrected chi connectivity index (χ0v) is 12.9. The topological polar surface area (TPSA) is 52.3 Å². The van der Waals surface area contributed by atoms with Crippen LogP contribution in [-0.2, 0) is 0 Å². The SMILES string of the molecule is Cc1cc(C)c(OC(C)C)c(C(=O)c2cccc(N)c2)c1. The van der Waals surface area contributed by atoms with Crippen molar-refractivity contribution >= 4 is 11.5 Å². The lowest BCUT2D eigenvalue weighted by atomic mass is 9.97. The number of nitrogens with two attached hydrogens (primary N) is 1. The summed E-state index contributed by atoms with van der Waals surface area (Å²) in [5, 5.41) is 0. The first-order chi connectivity index (χ1) is 9.88. The van der Waals surface area contributed by atoms with E-state index in [4.69, 9.17) is 10.5 Å². The predicted molar refractivity (Wildman–Crippen MR) is 86.0 cm³/mol. The Morgan fingerprint density at radius 3 is 2.48 bits per heavy atom. The number of nitrogen functional groups attached to an aromatic ring is 1. The summed E-state index contributed by atoms with van der Waals surface area (Å²) in [5.74, 6) is 0.591. The molecule has 0 aliphatic heterocycles. The van der Waals surface area contributed by atoms with E-state index in [1.54, 1.807) is 24.3 Å². The van der Waals surface area contributed by atoms with Crippen molar-refractivity contribution < 1.29 is 9.53 Å².